The van der Waals surface area contributed by atoms with Crippen molar-refractivity contribution in [3.63, 3.8) is 0 Å². The highest BCUT2D eigenvalue weighted by atomic mass is 35.6. The van der Waals surface area contributed by atoms with Crippen LogP contribution in [0.4, 0.5) is 0 Å². The van der Waals surface area contributed by atoms with E-state index in [9.17, 15) is 0 Å². The van der Waals surface area contributed by atoms with Gasteiger partial charge in [0.1, 0.15) is 9.55 Å². The fourth-order valence-electron chi connectivity index (χ4n) is 1.09. The van der Waals surface area contributed by atoms with E-state index in [0.717, 1.165) is 48.1 Å². The first kappa shape index (κ1) is 28.5. The molecule has 5 heteroatoms. The Kier molecular flexibility index (Phi) is 60.9. The fraction of sp³-hybridized carbons (Fsp3) is 1.00. The molecule has 0 aromatic rings. The number of unbranched alkanes of at least 4 members (excludes halogenated alkanes) is 6. The maximum Gasteiger partial charge on any atom is 0.109 e. The molecule has 20 heavy (non-hydrogen) atoms. The van der Waals surface area contributed by atoms with Crippen LogP contribution >= 0.6 is 11.1 Å². The molecule has 0 saturated carbocycles. The van der Waals surface area contributed by atoms with Gasteiger partial charge < -0.3 is 15.3 Å². The van der Waals surface area contributed by atoms with Crippen molar-refractivity contribution in [3.8, 4) is 0 Å². The number of aliphatic hydroxyl groups excluding tert-OH is 3. The zero-order valence-electron chi connectivity index (χ0n) is 14.2. The first-order valence-corrected chi connectivity index (χ1v) is 11.0. The molecule has 0 bridgehead atoms. The van der Waals surface area contributed by atoms with Crippen LogP contribution in [0.15, 0.2) is 0 Å². The lowest BCUT2D eigenvalue weighted by Gasteiger charge is -1.85. The molecule has 0 unspecified atom stereocenters. The lowest BCUT2D eigenvalue weighted by atomic mass is 10.3. The summed E-state index contributed by atoms with van der Waals surface area (Å²) in [5, 5.41) is 24.6. The molecule has 0 aliphatic heterocycles. The van der Waals surface area contributed by atoms with Gasteiger partial charge in [-0.25, -0.2) is 0 Å². The molecule has 0 fully saturated rings. The predicted octanol–water partition coefficient (Wildman–Crippen LogP) is 3.01. The van der Waals surface area contributed by atoms with Gasteiger partial charge in [0.15, 0.2) is 0 Å². The van der Waals surface area contributed by atoms with Gasteiger partial charge >= 0.3 is 0 Å². The minimum Gasteiger partial charge on any atom is -0.396 e. The van der Waals surface area contributed by atoms with Crippen molar-refractivity contribution in [1.29, 1.82) is 0 Å². The second-order valence-corrected chi connectivity index (χ2v) is 4.29. The summed E-state index contributed by atoms with van der Waals surface area (Å²) < 4.78 is 0. The van der Waals surface area contributed by atoms with Gasteiger partial charge in [0.05, 0.1) is 0 Å². The van der Waals surface area contributed by atoms with E-state index in [-0.39, 0.29) is 0 Å². The Morgan fingerprint density at radius 1 is 0.550 bits per heavy atom. The van der Waals surface area contributed by atoms with Crippen LogP contribution < -0.4 is 0 Å². The van der Waals surface area contributed by atoms with E-state index in [1.165, 1.54) is 19.3 Å². The van der Waals surface area contributed by atoms with Crippen molar-refractivity contribution in [2.75, 3.05) is 19.8 Å². The quantitative estimate of drug-likeness (QED) is 0.346. The molecule has 0 aliphatic carbocycles. The number of aliphatic hydroxyl groups is 3. The zero-order chi connectivity index (χ0) is 16.5. The molecule has 0 radical (unpaired) electrons. The van der Waals surface area contributed by atoms with Crippen LogP contribution in [0.1, 0.15) is 78.6 Å². The molecular formula is C15H39ClO3Si. The summed E-state index contributed by atoms with van der Waals surface area (Å²) in [4.78, 5) is 0. The van der Waals surface area contributed by atoms with Crippen LogP contribution in [0.3, 0.4) is 0 Å². The second kappa shape index (κ2) is 42.7. The molecule has 0 spiro atoms. The van der Waals surface area contributed by atoms with Crippen molar-refractivity contribution in [2.45, 2.75) is 78.6 Å². The molecule has 128 valence electrons. The van der Waals surface area contributed by atoms with Crippen molar-refractivity contribution in [2.24, 2.45) is 0 Å². The number of hydrogen-bond acceptors (Lipinski definition) is 3. The molecule has 0 atom stereocenters. The monoisotopic (exact) mass is 330 g/mol. The first-order chi connectivity index (χ1) is 9.74. The van der Waals surface area contributed by atoms with E-state index in [4.69, 9.17) is 26.4 Å². The lowest BCUT2D eigenvalue weighted by Crippen LogP contribution is -1.78. The number of hydrogen-bond donors (Lipinski definition) is 3. The lowest BCUT2D eigenvalue weighted by molar-refractivity contribution is 0.284. The standard InChI is InChI=1S/3C5H12O.ClH3Si/c3*1-2-3-4-5-6;1-2/h3*6H,2-5H2,1H3;2H3. The van der Waals surface area contributed by atoms with Crippen LogP contribution in [0.2, 0.25) is 0 Å². The van der Waals surface area contributed by atoms with Crippen molar-refractivity contribution in [3.05, 3.63) is 0 Å². The third-order valence-corrected chi connectivity index (χ3v) is 2.29. The Balaban J connectivity index is -0.0000000902. The average Bonchev–Trinajstić information content (AvgIpc) is 2.52. The highest BCUT2D eigenvalue weighted by molar-refractivity contribution is 6.80. The molecule has 3 N–H and O–H groups in total. The van der Waals surface area contributed by atoms with E-state index < -0.39 is 0 Å². The largest absolute Gasteiger partial charge is 0.396 e. The first-order valence-electron chi connectivity index (χ1n) is 7.95. The van der Waals surface area contributed by atoms with Gasteiger partial charge in [-0.15, -0.1) is 0 Å². The highest BCUT2D eigenvalue weighted by Gasteiger charge is 1.77. The topological polar surface area (TPSA) is 60.7 Å². The van der Waals surface area contributed by atoms with Gasteiger partial charge in [0.2, 0.25) is 0 Å². The van der Waals surface area contributed by atoms with Crippen LogP contribution in [-0.4, -0.2) is 44.7 Å². The summed E-state index contributed by atoms with van der Waals surface area (Å²) in [6.07, 6.45) is 9.98. The molecular weight excluding hydrogens is 292 g/mol. The van der Waals surface area contributed by atoms with Crippen molar-refractivity contribution >= 4 is 20.6 Å². The molecule has 0 rings (SSSR count). The van der Waals surface area contributed by atoms with Gasteiger partial charge in [-0.2, -0.15) is 11.1 Å². The van der Waals surface area contributed by atoms with Gasteiger partial charge in [-0.3, -0.25) is 0 Å². The van der Waals surface area contributed by atoms with Gasteiger partial charge in [0.25, 0.3) is 0 Å². The minimum atomic E-state index is 0.355. The van der Waals surface area contributed by atoms with E-state index in [0.29, 0.717) is 19.8 Å². The van der Waals surface area contributed by atoms with Crippen LogP contribution in [0.25, 0.3) is 0 Å². The molecule has 0 aromatic carbocycles. The summed E-state index contributed by atoms with van der Waals surface area (Å²) in [6, 6.07) is 0. The molecule has 0 heterocycles. The summed E-state index contributed by atoms with van der Waals surface area (Å²) in [5.74, 6) is 0. The SMILES string of the molecule is CCCCCO.CCCCCO.CCCCCO.[SiH3]Cl. The van der Waals surface area contributed by atoms with E-state index in [1.807, 2.05) is 0 Å². The maximum absolute atomic E-state index is 8.20. The van der Waals surface area contributed by atoms with E-state index in [1.54, 1.807) is 0 Å². The highest BCUT2D eigenvalue weighted by Crippen LogP contribution is 1.90. The van der Waals surface area contributed by atoms with Gasteiger partial charge in [-0.05, 0) is 19.3 Å². The number of halogens is 1. The van der Waals surface area contributed by atoms with Crippen LogP contribution in [0, 0.1) is 0 Å². The third kappa shape index (κ3) is 63.1. The van der Waals surface area contributed by atoms with Crippen molar-refractivity contribution < 1.29 is 15.3 Å². The van der Waals surface area contributed by atoms with Crippen molar-refractivity contribution in [1.82, 2.24) is 0 Å². The second-order valence-electron chi connectivity index (χ2n) is 4.29. The molecule has 0 amide bonds. The Morgan fingerprint density at radius 2 is 0.750 bits per heavy atom. The summed E-state index contributed by atoms with van der Waals surface area (Å²) >= 11 is 4.78. The normalized spacial score (nSPS) is 8.55. The molecule has 0 aromatic heterocycles. The molecule has 0 aliphatic rings. The Bertz CT molecular complexity index is 78.1. The minimum absolute atomic E-state index is 0.355. The third-order valence-electron chi connectivity index (χ3n) is 2.29. The predicted molar refractivity (Wildman–Crippen MR) is 95.6 cm³/mol. The number of rotatable bonds is 9. The fourth-order valence-corrected chi connectivity index (χ4v) is 1.09. The maximum atomic E-state index is 8.20. The van der Waals surface area contributed by atoms with E-state index in [2.05, 4.69) is 20.8 Å². The van der Waals surface area contributed by atoms with Crippen LogP contribution in [0.5, 0.6) is 0 Å². The van der Waals surface area contributed by atoms with Gasteiger partial charge in [-0.1, -0.05) is 59.3 Å². The molecule has 0 saturated heterocycles. The van der Waals surface area contributed by atoms with E-state index >= 15 is 0 Å². The molecule has 3 nitrogen and oxygen atoms in total. The van der Waals surface area contributed by atoms with Crippen LogP contribution in [-0.2, 0) is 0 Å². The van der Waals surface area contributed by atoms with Gasteiger partial charge in [0, 0.05) is 19.8 Å². The summed E-state index contributed by atoms with van der Waals surface area (Å²) in [6.45, 7) is 7.43. The Morgan fingerprint density at radius 3 is 0.800 bits per heavy atom. The summed E-state index contributed by atoms with van der Waals surface area (Å²) in [7, 11) is 0.778. The summed E-state index contributed by atoms with van der Waals surface area (Å²) in [5.41, 5.74) is 0. The average molecular weight is 331 g/mol. The Hall–Kier alpha value is 0.387. The smallest absolute Gasteiger partial charge is 0.109 e. The zero-order valence-corrected chi connectivity index (χ0v) is 17.0. The Labute approximate surface area is 134 Å².